The molecular weight excluding hydrogens is 337 g/mol. The minimum absolute atomic E-state index is 0.00714. The van der Waals surface area contributed by atoms with Crippen LogP contribution in [0, 0.1) is 0 Å². The van der Waals surface area contributed by atoms with E-state index in [-0.39, 0.29) is 16.3 Å². The number of aliphatic hydroxyl groups is 1. The van der Waals surface area contributed by atoms with Gasteiger partial charge in [-0.15, -0.1) is 13.2 Å². The van der Waals surface area contributed by atoms with Crippen LogP contribution in [0.1, 0.15) is 11.7 Å². The first-order chi connectivity index (χ1) is 10.7. The fourth-order valence-corrected chi connectivity index (χ4v) is 2.14. The van der Waals surface area contributed by atoms with Gasteiger partial charge < -0.3 is 14.9 Å². The zero-order valence-corrected chi connectivity index (χ0v) is 12.1. The Morgan fingerprint density at radius 2 is 1.65 bits per heavy atom. The van der Waals surface area contributed by atoms with E-state index < -0.39 is 18.4 Å². The largest absolute Gasteiger partial charge is 0.573 e. The summed E-state index contributed by atoms with van der Waals surface area (Å²) in [6, 6.07) is 9.33. The van der Waals surface area contributed by atoms with Gasteiger partial charge in [0.15, 0.2) is 6.10 Å². The Labute approximate surface area is 133 Å². The van der Waals surface area contributed by atoms with Gasteiger partial charge in [-0.2, -0.15) is 0 Å². The fraction of sp³-hybridized carbons (Fsp3) is 0.133. The molecule has 0 aliphatic heterocycles. The molecule has 0 heterocycles. The predicted octanol–water partition coefficient (Wildman–Crippen LogP) is 4.02. The second-order valence-electron chi connectivity index (χ2n) is 4.55. The van der Waals surface area contributed by atoms with Crippen LogP contribution in [0.3, 0.4) is 0 Å². The molecule has 1 unspecified atom stereocenters. The standard InChI is InChI=1S/C15H10ClF3O4/c16-12-6-3-9(7-11(12)13(20)14(21)22)8-1-4-10(5-2-8)23-15(17,18)19/h1-7,13,20H,(H,21,22). The summed E-state index contributed by atoms with van der Waals surface area (Å²) in [6.45, 7) is 0. The lowest BCUT2D eigenvalue weighted by Crippen LogP contribution is -2.16. The van der Waals surface area contributed by atoms with E-state index in [0.29, 0.717) is 11.1 Å². The van der Waals surface area contributed by atoms with Gasteiger partial charge in [0.05, 0.1) is 0 Å². The quantitative estimate of drug-likeness (QED) is 0.877. The van der Waals surface area contributed by atoms with Gasteiger partial charge in [0.1, 0.15) is 5.75 Å². The lowest BCUT2D eigenvalue weighted by molar-refractivity contribution is -0.274. The molecule has 2 aromatic carbocycles. The van der Waals surface area contributed by atoms with Gasteiger partial charge in [0.25, 0.3) is 0 Å². The molecule has 0 fully saturated rings. The summed E-state index contributed by atoms with van der Waals surface area (Å²) in [7, 11) is 0. The number of ether oxygens (including phenoxy) is 1. The maximum Gasteiger partial charge on any atom is 0.573 e. The third-order valence-electron chi connectivity index (χ3n) is 2.95. The number of rotatable bonds is 4. The number of aliphatic hydroxyl groups excluding tert-OH is 1. The van der Waals surface area contributed by atoms with Gasteiger partial charge >= 0.3 is 12.3 Å². The number of alkyl halides is 3. The summed E-state index contributed by atoms with van der Waals surface area (Å²) >= 11 is 5.85. The van der Waals surface area contributed by atoms with Crippen molar-refractivity contribution in [2.24, 2.45) is 0 Å². The van der Waals surface area contributed by atoms with E-state index in [0.717, 1.165) is 12.1 Å². The van der Waals surface area contributed by atoms with Gasteiger partial charge in [0, 0.05) is 10.6 Å². The average molecular weight is 347 g/mol. The SMILES string of the molecule is O=C(O)C(O)c1cc(-c2ccc(OC(F)(F)F)cc2)ccc1Cl. The zero-order chi connectivity index (χ0) is 17.2. The highest BCUT2D eigenvalue weighted by atomic mass is 35.5. The van der Waals surface area contributed by atoms with Crippen molar-refractivity contribution in [3.63, 3.8) is 0 Å². The van der Waals surface area contributed by atoms with Crippen molar-refractivity contribution in [2.45, 2.75) is 12.5 Å². The number of hydrogen-bond donors (Lipinski definition) is 2. The van der Waals surface area contributed by atoms with Crippen LogP contribution in [0.4, 0.5) is 13.2 Å². The molecular formula is C15H10ClF3O4. The summed E-state index contributed by atoms with van der Waals surface area (Å²) in [5.41, 5.74) is 0.991. The summed E-state index contributed by atoms with van der Waals surface area (Å²) in [4.78, 5) is 10.8. The van der Waals surface area contributed by atoms with Crippen LogP contribution < -0.4 is 4.74 Å². The van der Waals surface area contributed by atoms with Crippen LogP contribution in [0.2, 0.25) is 5.02 Å². The molecule has 2 aromatic rings. The molecule has 122 valence electrons. The van der Waals surface area contributed by atoms with Gasteiger partial charge in [0.2, 0.25) is 0 Å². The monoisotopic (exact) mass is 346 g/mol. The minimum Gasteiger partial charge on any atom is -0.479 e. The number of aliphatic carboxylic acids is 1. The summed E-state index contributed by atoms with van der Waals surface area (Å²) in [5.74, 6) is -1.83. The van der Waals surface area contributed by atoms with E-state index in [4.69, 9.17) is 16.7 Å². The summed E-state index contributed by atoms with van der Waals surface area (Å²) < 4.78 is 40.1. The van der Waals surface area contributed by atoms with Crippen molar-refractivity contribution >= 4 is 17.6 Å². The smallest absolute Gasteiger partial charge is 0.479 e. The summed E-state index contributed by atoms with van der Waals surface area (Å²) in [6.07, 6.45) is -6.57. The van der Waals surface area contributed by atoms with E-state index in [2.05, 4.69) is 4.74 Å². The van der Waals surface area contributed by atoms with Crippen molar-refractivity contribution < 1.29 is 32.9 Å². The molecule has 0 aliphatic carbocycles. The van der Waals surface area contributed by atoms with Crippen LogP contribution in [0.5, 0.6) is 5.75 Å². The van der Waals surface area contributed by atoms with Crippen molar-refractivity contribution in [2.75, 3.05) is 0 Å². The Morgan fingerprint density at radius 1 is 1.09 bits per heavy atom. The highest BCUT2D eigenvalue weighted by Crippen LogP contribution is 2.31. The Balaban J connectivity index is 2.32. The second-order valence-corrected chi connectivity index (χ2v) is 4.96. The molecule has 0 aromatic heterocycles. The van der Waals surface area contributed by atoms with Crippen LogP contribution in [-0.4, -0.2) is 22.5 Å². The van der Waals surface area contributed by atoms with Crippen molar-refractivity contribution in [1.29, 1.82) is 0 Å². The fourth-order valence-electron chi connectivity index (χ4n) is 1.91. The maximum absolute atomic E-state index is 12.1. The molecule has 0 saturated carbocycles. The Kier molecular flexibility index (Phi) is 4.82. The number of carboxylic acids is 1. The van der Waals surface area contributed by atoms with Crippen molar-refractivity contribution in [3.05, 3.63) is 53.1 Å². The lowest BCUT2D eigenvalue weighted by Gasteiger charge is -2.12. The molecule has 0 spiro atoms. The second kappa shape index (κ2) is 6.47. The van der Waals surface area contributed by atoms with E-state index in [1.165, 1.54) is 24.3 Å². The van der Waals surface area contributed by atoms with Crippen LogP contribution in [0.15, 0.2) is 42.5 Å². The molecule has 0 saturated heterocycles. The first kappa shape index (κ1) is 17.1. The molecule has 2 N–H and O–H groups in total. The lowest BCUT2D eigenvalue weighted by atomic mass is 10.0. The molecule has 23 heavy (non-hydrogen) atoms. The van der Waals surface area contributed by atoms with Gasteiger partial charge in [-0.05, 0) is 35.4 Å². The number of carboxylic acid groups (broad SMARTS) is 1. The highest BCUT2D eigenvalue weighted by Gasteiger charge is 2.31. The topological polar surface area (TPSA) is 66.8 Å². The van der Waals surface area contributed by atoms with Crippen molar-refractivity contribution in [3.8, 4) is 16.9 Å². The number of benzene rings is 2. The predicted molar refractivity (Wildman–Crippen MR) is 76.2 cm³/mol. The van der Waals surface area contributed by atoms with E-state index in [9.17, 15) is 23.1 Å². The van der Waals surface area contributed by atoms with Crippen LogP contribution in [0.25, 0.3) is 11.1 Å². The first-order valence-electron chi connectivity index (χ1n) is 6.24. The Bertz CT molecular complexity index is 714. The summed E-state index contributed by atoms with van der Waals surface area (Å²) in [5, 5.41) is 18.5. The maximum atomic E-state index is 12.1. The molecule has 1 atom stereocenters. The van der Waals surface area contributed by atoms with Gasteiger partial charge in [-0.3, -0.25) is 0 Å². The molecule has 0 amide bonds. The highest BCUT2D eigenvalue weighted by molar-refractivity contribution is 6.31. The van der Waals surface area contributed by atoms with E-state index >= 15 is 0 Å². The normalized spacial score (nSPS) is 12.7. The zero-order valence-electron chi connectivity index (χ0n) is 11.3. The minimum atomic E-state index is -4.78. The number of hydrogen-bond acceptors (Lipinski definition) is 3. The number of carbonyl (C=O) groups is 1. The first-order valence-corrected chi connectivity index (χ1v) is 6.61. The molecule has 2 rings (SSSR count). The van der Waals surface area contributed by atoms with Gasteiger partial charge in [-0.25, -0.2) is 4.79 Å². The molecule has 0 radical (unpaired) electrons. The third-order valence-corrected chi connectivity index (χ3v) is 3.29. The Hall–Kier alpha value is -2.25. The van der Waals surface area contributed by atoms with Gasteiger partial charge in [-0.1, -0.05) is 29.8 Å². The average Bonchev–Trinajstić information content (AvgIpc) is 2.46. The van der Waals surface area contributed by atoms with E-state index in [1.807, 2.05) is 0 Å². The molecule has 8 heteroatoms. The third kappa shape index (κ3) is 4.37. The number of halogens is 4. The van der Waals surface area contributed by atoms with Crippen molar-refractivity contribution in [1.82, 2.24) is 0 Å². The molecule has 0 bridgehead atoms. The molecule has 0 aliphatic rings. The van der Waals surface area contributed by atoms with Crippen LogP contribution in [-0.2, 0) is 4.79 Å². The van der Waals surface area contributed by atoms with E-state index in [1.54, 1.807) is 6.07 Å². The van der Waals surface area contributed by atoms with Crippen LogP contribution >= 0.6 is 11.6 Å². The molecule has 4 nitrogen and oxygen atoms in total. The Morgan fingerprint density at radius 3 is 2.17 bits per heavy atom.